The lowest BCUT2D eigenvalue weighted by atomic mass is 10.1. The largest absolute Gasteiger partial charge is 0.364 e. The molecule has 16 heavy (non-hydrogen) atoms. The van der Waals surface area contributed by atoms with Gasteiger partial charge in [-0.3, -0.25) is 0 Å². The van der Waals surface area contributed by atoms with Gasteiger partial charge in [-0.2, -0.15) is 0 Å². The molecule has 0 radical (unpaired) electrons. The lowest BCUT2D eigenvalue weighted by molar-refractivity contribution is 0.0257. The van der Waals surface area contributed by atoms with Gasteiger partial charge in [0.1, 0.15) is 0 Å². The highest BCUT2D eigenvalue weighted by Crippen LogP contribution is 2.33. The molecule has 1 aliphatic heterocycles. The Morgan fingerprint density at radius 1 is 1.44 bits per heavy atom. The maximum atomic E-state index is 13.1. The monoisotopic (exact) mass is 285 g/mol. The summed E-state index contributed by atoms with van der Waals surface area (Å²) in [5.41, 5.74) is 1.36. The number of hydrogen-bond acceptors (Lipinski definition) is 1. The van der Waals surface area contributed by atoms with Crippen LogP contribution in [0.2, 0.25) is 0 Å². The van der Waals surface area contributed by atoms with Crippen LogP contribution in [0.25, 0.3) is 0 Å². The first-order valence-corrected chi connectivity index (χ1v) is 5.70. The molecule has 0 spiro atoms. The van der Waals surface area contributed by atoms with Crippen LogP contribution in [0, 0.1) is 12.3 Å². The fraction of sp³-hybridized carbons (Fsp3) is 0.333. The second kappa shape index (κ2) is 4.06. The van der Waals surface area contributed by atoms with Crippen LogP contribution in [0.15, 0.2) is 22.7 Å². The van der Waals surface area contributed by atoms with E-state index < -0.39 is 5.92 Å². The van der Waals surface area contributed by atoms with Gasteiger partial charge in [0, 0.05) is 23.0 Å². The van der Waals surface area contributed by atoms with Crippen LogP contribution >= 0.6 is 15.9 Å². The van der Waals surface area contributed by atoms with Crippen LogP contribution in [-0.2, 0) is 0 Å². The fourth-order valence-corrected chi connectivity index (χ4v) is 2.18. The first-order valence-electron chi connectivity index (χ1n) is 4.91. The van der Waals surface area contributed by atoms with Crippen molar-refractivity contribution < 1.29 is 8.78 Å². The molecule has 0 N–H and O–H groups in total. The minimum atomic E-state index is -2.60. The van der Waals surface area contributed by atoms with Gasteiger partial charge in [-0.05, 0) is 18.2 Å². The normalized spacial score (nSPS) is 18.5. The standard InChI is InChI=1S/C12H10BrF2N/c1-2-9-3-4-10(13)7-11(9)16-6-5-12(14,15)8-16/h1,3-4,7H,5-6,8H2. The number of anilines is 1. The molecule has 0 saturated carbocycles. The molecule has 0 bridgehead atoms. The van der Waals surface area contributed by atoms with Crippen molar-refractivity contribution in [3.63, 3.8) is 0 Å². The van der Waals surface area contributed by atoms with Crippen molar-refractivity contribution in [3.05, 3.63) is 28.2 Å². The second-order valence-corrected chi connectivity index (χ2v) is 4.75. The molecule has 84 valence electrons. The highest BCUT2D eigenvalue weighted by Gasteiger charge is 2.38. The average Bonchev–Trinajstić information content (AvgIpc) is 2.59. The van der Waals surface area contributed by atoms with Gasteiger partial charge in [0.25, 0.3) is 5.92 Å². The van der Waals surface area contributed by atoms with Crippen LogP contribution in [0.3, 0.4) is 0 Å². The van der Waals surface area contributed by atoms with Crippen molar-refractivity contribution in [1.29, 1.82) is 0 Å². The molecule has 1 aliphatic rings. The first kappa shape index (κ1) is 11.4. The molecule has 1 aromatic rings. The Morgan fingerprint density at radius 2 is 2.19 bits per heavy atom. The minimum absolute atomic E-state index is 0.108. The Labute approximate surface area is 102 Å². The van der Waals surface area contributed by atoms with E-state index >= 15 is 0 Å². The Bertz CT molecular complexity index is 451. The van der Waals surface area contributed by atoms with Gasteiger partial charge in [-0.15, -0.1) is 6.42 Å². The predicted molar refractivity (Wildman–Crippen MR) is 63.9 cm³/mol. The van der Waals surface area contributed by atoms with Gasteiger partial charge in [-0.1, -0.05) is 21.9 Å². The zero-order chi connectivity index (χ0) is 11.8. The maximum Gasteiger partial charge on any atom is 0.266 e. The quantitative estimate of drug-likeness (QED) is 0.716. The van der Waals surface area contributed by atoms with Crippen molar-refractivity contribution in [2.45, 2.75) is 12.3 Å². The number of benzene rings is 1. The molecule has 0 atom stereocenters. The van der Waals surface area contributed by atoms with Gasteiger partial charge in [0.2, 0.25) is 0 Å². The van der Waals surface area contributed by atoms with E-state index in [-0.39, 0.29) is 13.0 Å². The summed E-state index contributed by atoms with van der Waals surface area (Å²) < 4.78 is 27.1. The molecule has 0 aliphatic carbocycles. The summed E-state index contributed by atoms with van der Waals surface area (Å²) in [4.78, 5) is 1.64. The van der Waals surface area contributed by atoms with E-state index in [1.807, 2.05) is 6.07 Å². The van der Waals surface area contributed by atoms with Crippen LogP contribution < -0.4 is 4.90 Å². The highest BCUT2D eigenvalue weighted by molar-refractivity contribution is 9.10. The van der Waals surface area contributed by atoms with Crippen molar-refractivity contribution in [1.82, 2.24) is 0 Å². The third kappa shape index (κ3) is 2.19. The molecule has 4 heteroatoms. The predicted octanol–water partition coefficient (Wildman–Crippen LogP) is 3.28. The number of rotatable bonds is 1. The maximum absolute atomic E-state index is 13.1. The number of terminal acetylenes is 1. The van der Waals surface area contributed by atoms with Gasteiger partial charge >= 0.3 is 0 Å². The molecule has 2 rings (SSSR count). The second-order valence-electron chi connectivity index (χ2n) is 3.83. The number of nitrogens with zero attached hydrogens (tertiary/aromatic N) is 1. The summed E-state index contributed by atoms with van der Waals surface area (Å²) >= 11 is 3.32. The summed E-state index contributed by atoms with van der Waals surface area (Å²) in [6, 6.07) is 5.36. The minimum Gasteiger partial charge on any atom is -0.364 e. The van der Waals surface area contributed by atoms with Crippen LogP contribution in [-0.4, -0.2) is 19.0 Å². The van der Waals surface area contributed by atoms with E-state index in [1.54, 1.807) is 17.0 Å². The smallest absolute Gasteiger partial charge is 0.266 e. The molecular formula is C12H10BrF2N. The average molecular weight is 286 g/mol. The molecule has 0 unspecified atom stereocenters. The zero-order valence-electron chi connectivity index (χ0n) is 8.51. The molecule has 0 aromatic heterocycles. The highest BCUT2D eigenvalue weighted by atomic mass is 79.9. The molecule has 1 aromatic carbocycles. The summed E-state index contributed by atoms with van der Waals surface area (Å²) in [6.45, 7) is 0.0935. The molecular weight excluding hydrogens is 276 g/mol. The van der Waals surface area contributed by atoms with E-state index in [9.17, 15) is 8.78 Å². The van der Waals surface area contributed by atoms with Gasteiger partial charge in [-0.25, -0.2) is 8.78 Å². The lowest BCUT2D eigenvalue weighted by Crippen LogP contribution is -2.25. The molecule has 1 nitrogen and oxygen atoms in total. The summed E-state index contributed by atoms with van der Waals surface area (Å²) in [6.07, 6.45) is 5.25. The Balaban J connectivity index is 2.34. The summed E-state index contributed by atoms with van der Waals surface area (Å²) in [5.74, 6) is -0.0834. The van der Waals surface area contributed by atoms with Gasteiger partial charge < -0.3 is 4.90 Å². The lowest BCUT2D eigenvalue weighted by Gasteiger charge is -2.20. The van der Waals surface area contributed by atoms with E-state index in [0.29, 0.717) is 17.8 Å². The molecule has 1 heterocycles. The van der Waals surface area contributed by atoms with Crippen LogP contribution in [0.4, 0.5) is 14.5 Å². The van der Waals surface area contributed by atoms with Crippen molar-refractivity contribution >= 4 is 21.6 Å². The van der Waals surface area contributed by atoms with E-state index in [0.717, 1.165) is 4.47 Å². The first-order chi connectivity index (χ1) is 7.52. The summed E-state index contributed by atoms with van der Waals surface area (Å²) in [5, 5.41) is 0. The van der Waals surface area contributed by atoms with Crippen molar-refractivity contribution in [2.75, 3.05) is 18.0 Å². The topological polar surface area (TPSA) is 3.24 Å². The molecule has 1 saturated heterocycles. The number of hydrogen-bond donors (Lipinski definition) is 0. The third-order valence-electron chi connectivity index (χ3n) is 2.63. The van der Waals surface area contributed by atoms with Gasteiger partial charge in [0.15, 0.2) is 0 Å². The Hall–Kier alpha value is -1.08. The van der Waals surface area contributed by atoms with Crippen molar-refractivity contribution in [3.8, 4) is 12.3 Å². The van der Waals surface area contributed by atoms with Crippen molar-refractivity contribution in [2.24, 2.45) is 0 Å². The van der Waals surface area contributed by atoms with Gasteiger partial charge in [0.05, 0.1) is 12.2 Å². The third-order valence-corrected chi connectivity index (χ3v) is 3.12. The Kier molecular flexibility index (Phi) is 2.90. The van der Waals surface area contributed by atoms with Crippen LogP contribution in [0.1, 0.15) is 12.0 Å². The SMILES string of the molecule is C#Cc1ccc(Br)cc1N1CCC(F)(F)C1. The van der Waals surface area contributed by atoms with E-state index in [4.69, 9.17) is 6.42 Å². The number of halogens is 3. The molecule has 1 fully saturated rings. The molecule has 0 amide bonds. The van der Waals surface area contributed by atoms with Crippen LogP contribution in [0.5, 0.6) is 0 Å². The summed E-state index contributed by atoms with van der Waals surface area (Å²) in [7, 11) is 0. The van der Waals surface area contributed by atoms with E-state index in [1.165, 1.54) is 0 Å². The number of alkyl halides is 2. The zero-order valence-corrected chi connectivity index (χ0v) is 10.1. The Morgan fingerprint density at radius 3 is 2.75 bits per heavy atom. The fourth-order valence-electron chi connectivity index (χ4n) is 1.83. The van der Waals surface area contributed by atoms with E-state index in [2.05, 4.69) is 21.9 Å².